The van der Waals surface area contributed by atoms with Crippen molar-refractivity contribution in [2.75, 3.05) is 0 Å². The molecule has 0 saturated carbocycles. The zero-order chi connectivity index (χ0) is 6.78. The molecule has 0 spiro atoms. The van der Waals surface area contributed by atoms with Crippen LogP contribution in [0.25, 0.3) is 0 Å². The van der Waals surface area contributed by atoms with E-state index in [2.05, 4.69) is 11.5 Å². The second-order valence-corrected chi connectivity index (χ2v) is 1.24. The predicted octanol–water partition coefficient (Wildman–Crippen LogP) is -3.01. The van der Waals surface area contributed by atoms with E-state index in [9.17, 15) is 4.79 Å². The molecule has 9 heavy (non-hydrogen) atoms. The van der Waals surface area contributed by atoms with E-state index in [1.54, 1.807) is 0 Å². The van der Waals surface area contributed by atoms with Crippen molar-refractivity contribution in [3.63, 3.8) is 0 Å². The fourth-order valence-electron chi connectivity index (χ4n) is 0.0551. The number of nitriles is 1. The van der Waals surface area contributed by atoms with Crippen LogP contribution in [0.5, 0.6) is 0 Å². The summed E-state index contributed by atoms with van der Waals surface area (Å²) in [5.74, 6) is -1.25. The first kappa shape index (κ1) is 12.2. The van der Waals surface area contributed by atoms with Crippen LogP contribution in [0.2, 0.25) is 0 Å². The Kier molecular flexibility index (Phi) is 5.91. The second-order valence-electron chi connectivity index (χ2n) is 1.24. The Balaban J connectivity index is 0. The summed E-state index contributed by atoms with van der Waals surface area (Å²) in [7, 11) is 0. The van der Waals surface area contributed by atoms with E-state index in [1.165, 1.54) is 0 Å². The molecular formula is C3H6KN3O2. The summed E-state index contributed by atoms with van der Waals surface area (Å²) in [5, 5.41) is 16.2. The Hall–Kier alpha value is 0.516. The molecule has 5 nitrogen and oxygen atoms in total. The van der Waals surface area contributed by atoms with E-state index >= 15 is 0 Å². The van der Waals surface area contributed by atoms with Gasteiger partial charge in [0.05, 0.1) is 0 Å². The monoisotopic (exact) mass is 155 g/mol. The van der Waals surface area contributed by atoms with Crippen molar-refractivity contribution < 1.29 is 9.90 Å². The van der Waals surface area contributed by atoms with Gasteiger partial charge in [-0.05, 0) is 0 Å². The van der Waals surface area contributed by atoms with Crippen LogP contribution >= 0.6 is 0 Å². The number of carbonyl (C=O) groups excluding carboxylic acids is 1. The molecule has 0 bridgehead atoms. The van der Waals surface area contributed by atoms with Crippen LogP contribution in [0.4, 0.5) is 0 Å². The van der Waals surface area contributed by atoms with Crippen molar-refractivity contribution in [3.05, 3.63) is 0 Å². The maximum absolute atomic E-state index is 9.88. The normalized spacial score (nSPS) is 14.3. The summed E-state index contributed by atoms with van der Waals surface area (Å²) in [6, 6.07) is 1.10. The van der Waals surface area contributed by atoms with Gasteiger partial charge in [0.2, 0.25) is 0 Å². The molecule has 0 aliphatic heterocycles. The van der Waals surface area contributed by atoms with Gasteiger partial charge in [-0.1, -0.05) is 0 Å². The molecule has 1 atom stereocenters. The second kappa shape index (κ2) is 4.35. The fourth-order valence-corrected chi connectivity index (χ4v) is 0.0551. The SMILES string of the molecule is N#CC(N)(O)C(N)=O.[KH]. The first-order valence-corrected chi connectivity index (χ1v) is 1.73. The first-order valence-electron chi connectivity index (χ1n) is 1.73. The molecule has 0 aromatic carbocycles. The van der Waals surface area contributed by atoms with Crippen molar-refractivity contribution in [1.29, 1.82) is 5.26 Å². The molecule has 0 aliphatic carbocycles. The molecule has 0 radical (unpaired) electrons. The molecule has 0 aromatic heterocycles. The third-order valence-electron chi connectivity index (χ3n) is 0.546. The molecule has 46 valence electrons. The summed E-state index contributed by atoms with van der Waals surface area (Å²) >= 11 is 0. The maximum atomic E-state index is 9.88. The Labute approximate surface area is 94.4 Å². The molecule has 1 unspecified atom stereocenters. The number of carbonyl (C=O) groups is 1. The van der Waals surface area contributed by atoms with Crippen LogP contribution in [0.1, 0.15) is 0 Å². The number of hydrogen-bond acceptors (Lipinski definition) is 4. The third kappa shape index (κ3) is 3.99. The van der Waals surface area contributed by atoms with Crippen molar-refractivity contribution in [3.8, 4) is 6.07 Å². The summed E-state index contributed by atoms with van der Waals surface area (Å²) in [5.41, 5.74) is 6.51. The molecule has 5 N–H and O–H groups in total. The van der Waals surface area contributed by atoms with Gasteiger partial charge in [-0.25, -0.2) is 0 Å². The molecule has 0 aliphatic rings. The Bertz CT molecular complexity index is 150. The average molecular weight is 155 g/mol. The summed E-state index contributed by atoms with van der Waals surface area (Å²) < 4.78 is 0. The van der Waals surface area contributed by atoms with Gasteiger partial charge in [-0.15, -0.1) is 0 Å². The third-order valence-corrected chi connectivity index (χ3v) is 0.546. The van der Waals surface area contributed by atoms with E-state index in [4.69, 9.17) is 10.4 Å². The topological polar surface area (TPSA) is 113 Å². The molecule has 1 amide bonds. The molecule has 0 rings (SSSR count). The van der Waals surface area contributed by atoms with Gasteiger partial charge in [0.15, 0.2) is 0 Å². The summed E-state index contributed by atoms with van der Waals surface area (Å²) in [6.07, 6.45) is 0. The average Bonchev–Trinajstić information content (AvgIpc) is 1.67. The Morgan fingerprint density at radius 3 is 2.11 bits per heavy atom. The van der Waals surface area contributed by atoms with Crippen LogP contribution in [-0.4, -0.2) is 68.1 Å². The zero-order valence-corrected chi connectivity index (χ0v) is 3.96. The van der Waals surface area contributed by atoms with Gasteiger partial charge >= 0.3 is 51.4 Å². The molecule has 0 heterocycles. The Morgan fingerprint density at radius 1 is 1.78 bits per heavy atom. The van der Waals surface area contributed by atoms with Gasteiger partial charge < -0.3 is 10.8 Å². The predicted molar refractivity (Wildman–Crippen MR) is 31.1 cm³/mol. The van der Waals surface area contributed by atoms with Crippen LogP contribution in [0, 0.1) is 11.3 Å². The first-order chi connectivity index (χ1) is 3.50. The van der Waals surface area contributed by atoms with Crippen LogP contribution < -0.4 is 11.5 Å². The number of aliphatic hydroxyl groups is 1. The van der Waals surface area contributed by atoms with Gasteiger partial charge in [-0.3, -0.25) is 10.5 Å². The molecular weight excluding hydrogens is 149 g/mol. The number of amides is 1. The van der Waals surface area contributed by atoms with Crippen molar-refractivity contribution in [2.45, 2.75) is 5.72 Å². The van der Waals surface area contributed by atoms with E-state index in [0.29, 0.717) is 0 Å². The summed E-state index contributed by atoms with van der Waals surface area (Å²) in [6.45, 7) is 0. The van der Waals surface area contributed by atoms with Crippen molar-refractivity contribution in [1.82, 2.24) is 0 Å². The van der Waals surface area contributed by atoms with E-state index < -0.39 is 11.6 Å². The molecule has 0 saturated heterocycles. The zero-order valence-electron chi connectivity index (χ0n) is 3.96. The van der Waals surface area contributed by atoms with Crippen LogP contribution in [-0.2, 0) is 4.79 Å². The quantitative estimate of drug-likeness (QED) is 0.212. The number of nitrogens with zero attached hydrogens (tertiary/aromatic N) is 1. The minimum atomic E-state index is -2.51. The molecule has 6 heteroatoms. The van der Waals surface area contributed by atoms with Gasteiger partial charge in [0.25, 0.3) is 11.6 Å². The van der Waals surface area contributed by atoms with Crippen molar-refractivity contribution >= 4 is 57.3 Å². The van der Waals surface area contributed by atoms with Gasteiger partial charge in [-0.2, -0.15) is 5.26 Å². The van der Waals surface area contributed by atoms with Gasteiger partial charge in [0, 0.05) is 0 Å². The number of hydrogen-bond donors (Lipinski definition) is 3. The molecule has 0 aromatic rings. The number of nitrogens with two attached hydrogens (primary N) is 2. The fraction of sp³-hybridized carbons (Fsp3) is 0.333. The molecule has 0 fully saturated rings. The minimum absolute atomic E-state index is 0. The van der Waals surface area contributed by atoms with E-state index in [-0.39, 0.29) is 51.4 Å². The number of rotatable bonds is 1. The van der Waals surface area contributed by atoms with Gasteiger partial charge in [0.1, 0.15) is 6.07 Å². The summed E-state index contributed by atoms with van der Waals surface area (Å²) in [4.78, 5) is 9.88. The van der Waals surface area contributed by atoms with Crippen LogP contribution in [0.3, 0.4) is 0 Å². The standard InChI is InChI=1S/C3H5N3O2.K.H/c4-1-3(6,8)2(5)7;;/h8H,6H2,(H2,5,7);;. The van der Waals surface area contributed by atoms with Crippen LogP contribution in [0.15, 0.2) is 0 Å². The van der Waals surface area contributed by atoms with Crippen molar-refractivity contribution in [2.24, 2.45) is 11.5 Å². The van der Waals surface area contributed by atoms with E-state index in [0.717, 1.165) is 6.07 Å². The van der Waals surface area contributed by atoms with E-state index in [1.807, 2.05) is 0 Å². The Morgan fingerprint density at radius 2 is 2.11 bits per heavy atom. The number of primary amides is 1.